The van der Waals surface area contributed by atoms with Crippen LogP contribution in [0.3, 0.4) is 0 Å². The van der Waals surface area contributed by atoms with Gasteiger partial charge in [0, 0.05) is 0 Å². The highest BCUT2D eigenvalue weighted by molar-refractivity contribution is 4.20. The van der Waals surface area contributed by atoms with E-state index in [1.807, 2.05) is 0 Å². The SMILES string of the molecule is C[CH]OOC. The molecule has 0 N–H and O–H groups in total. The largest absolute Gasteiger partial charge is 0.240 e. The van der Waals surface area contributed by atoms with E-state index in [1.54, 1.807) is 6.92 Å². The fraction of sp³-hybridized carbons (Fsp3) is 0.667. The molecule has 0 atom stereocenters. The number of hydrogen-bond donors (Lipinski definition) is 0. The van der Waals surface area contributed by atoms with E-state index in [9.17, 15) is 0 Å². The van der Waals surface area contributed by atoms with Gasteiger partial charge in [-0.2, -0.15) is 0 Å². The van der Waals surface area contributed by atoms with Crippen molar-refractivity contribution >= 4 is 0 Å². The third kappa shape index (κ3) is 3.92. The fourth-order valence-electron chi connectivity index (χ4n) is 0.0962. The maximum absolute atomic E-state index is 4.21. The van der Waals surface area contributed by atoms with E-state index in [1.165, 1.54) is 13.7 Å². The van der Waals surface area contributed by atoms with E-state index in [0.29, 0.717) is 0 Å². The van der Waals surface area contributed by atoms with Crippen LogP contribution in [-0.4, -0.2) is 7.11 Å². The summed E-state index contributed by atoms with van der Waals surface area (Å²) in [6.45, 7) is 3.20. The molecule has 1 radical (unpaired) electrons. The summed E-state index contributed by atoms with van der Waals surface area (Å²) in [4.78, 5) is 8.34. The van der Waals surface area contributed by atoms with Gasteiger partial charge in [-0.25, -0.2) is 9.78 Å². The molecule has 0 aliphatic rings. The normalized spacial score (nSPS) is 8.40. The Labute approximate surface area is 31.6 Å². The molecule has 0 aliphatic heterocycles. The molecular weight excluding hydrogens is 68.0 g/mol. The molecule has 31 valence electrons. The number of rotatable bonds is 2. The minimum absolute atomic E-state index is 1.46. The molecule has 0 fully saturated rings. The molecule has 0 rings (SSSR count). The van der Waals surface area contributed by atoms with Crippen molar-refractivity contribution in [2.45, 2.75) is 6.92 Å². The molecule has 0 aromatic carbocycles. The van der Waals surface area contributed by atoms with Crippen LogP contribution in [0.15, 0.2) is 0 Å². The monoisotopic (exact) mass is 75.0 g/mol. The van der Waals surface area contributed by atoms with Crippen molar-refractivity contribution in [1.29, 1.82) is 0 Å². The standard InChI is InChI=1S/C3H7O2/c1-3-5-4-2/h3H,1-2H3. The Bertz CT molecular complexity index is 12.4. The first-order chi connectivity index (χ1) is 2.41. The first kappa shape index (κ1) is 4.92. The molecule has 0 saturated carbocycles. The van der Waals surface area contributed by atoms with Crippen molar-refractivity contribution < 1.29 is 9.78 Å². The zero-order chi connectivity index (χ0) is 4.12. The Morgan fingerprint density at radius 1 is 1.60 bits per heavy atom. The lowest BCUT2D eigenvalue weighted by Gasteiger charge is -1.85. The molecule has 0 aromatic rings. The topological polar surface area (TPSA) is 18.5 Å². The Balaban J connectivity index is 2.19. The lowest BCUT2D eigenvalue weighted by Crippen LogP contribution is -1.77. The molecule has 0 amide bonds. The summed E-state index contributed by atoms with van der Waals surface area (Å²) in [6.07, 6.45) is 0. The first-order valence-corrected chi connectivity index (χ1v) is 1.39. The van der Waals surface area contributed by atoms with Crippen LogP contribution in [0.25, 0.3) is 0 Å². The van der Waals surface area contributed by atoms with Gasteiger partial charge in [0.2, 0.25) is 0 Å². The Hall–Kier alpha value is -0.0800. The van der Waals surface area contributed by atoms with Crippen molar-refractivity contribution in [1.82, 2.24) is 0 Å². The van der Waals surface area contributed by atoms with Gasteiger partial charge >= 0.3 is 0 Å². The van der Waals surface area contributed by atoms with Gasteiger partial charge in [-0.3, -0.25) is 0 Å². The van der Waals surface area contributed by atoms with Gasteiger partial charge in [-0.1, -0.05) is 0 Å². The minimum Gasteiger partial charge on any atom is -0.240 e. The van der Waals surface area contributed by atoms with E-state index in [-0.39, 0.29) is 0 Å². The minimum atomic E-state index is 1.46. The number of hydrogen-bond acceptors (Lipinski definition) is 2. The molecule has 0 aliphatic carbocycles. The van der Waals surface area contributed by atoms with Crippen molar-refractivity contribution in [3.8, 4) is 0 Å². The van der Waals surface area contributed by atoms with Crippen molar-refractivity contribution in [2.75, 3.05) is 7.11 Å². The molecular formula is C3H7O2. The lowest BCUT2D eigenvalue weighted by atomic mass is 10.9. The quantitative estimate of drug-likeness (QED) is 0.356. The second-order valence-corrected chi connectivity index (χ2v) is 0.499. The van der Waals surface area contributed by atoms with E-state index in [2.05, 4.69) is 9.78 Å². The highest BCUT2D eigenvalue weighted by Gasteiger charge is 1.65. The molecule has 2 nitrogen and oxygen atoms in total. The summed E-state index contributed by atoms with van der Waals surface area (Å²) in [7, 11) is 1.46. The van der Waals surface area contributed by atoms with Gasteiger partial charge in [0.05, 0.1) is 7.11 Å². The zero-order valence-corrected chi connectivity index (χ0v) is 3.39. The van der Waals surface area contributed by atoms with E-state index < -0.39 is 0 Å². The molecule has 0 saturated heterocycles. The van der Waals surface area contributed by atoms with Crippen LogP contribution in [0.5, 0.6) is 0 Å². The van der Waals surface area contributed by atoms with Crippen LogP contribution in [-0.2, 0) is 9.78 Å². The van der Waals surface area contributed by atoms with Crippen molar-refractivity contribution in [3.05, 3.63) is 6.61 Å². The van der Waals surface area contributed by atoms with E-state index in [0.717, 1.165) is 0 Å². The van der Waals surface area contributed by atoms with Gasteiger partial charge in [0.25, 0.3) is 0 Å². The predicted octanol–water partition coefficient (Wildman–Crippen LogP) is 0.746. The van der Waals surface area contributed by atoms with Crippen molar-refractivity contribution in [2.24, 2.45) is 0 Å². The Morgan fingerprint density at radius 2 is 2.20 bits per heavy atom. The molecule has 0 spiro atoms. The third-order valence-electron chi connectivity index (χ3n) is 0.192. The van der Waals surface area contributed by atoms with E-state index >= 15 is 0 Å². The Morgan fingerprint density at radius 3 is 2.20 bits per heavy atom. The predicted molar refractivity (Wildman–Crippen MR) is 18.1 cm³/mol. The first-order valence-electron chi connectivity index (χ1n) is 1.39. The van der Waals surface area contributed by atoms with Crippen molar-refractivity contribution in [3.63, 3.8) is 0 Å². The van der Waals surface area contributed by atoms with Crippen LogP contribution < -0.4 is 0 Å². The van der Waals surface area contributed by atoms with Gasteiger partial charge in [0.1, 0.15) is 6.61 Å². The maximum atomic E-state index is 4.21. The van der Waals surface area contributed by atoms with Crippen LogP contribution in [0.1, 0.15) is 6.92 Å². The lowest BCUT2D eigenvalue weighted by molar-refractivity contribution is -0.242. The maximum Gasteiger partial charge on any atom is 0.119 e. The summed E-state index contributed by atoms with van der Waals surface area (Å²) in [5.74, 6) is 0. The average Bonchev–Trinajstić information content (AvgIpc) is 1.41. The molecule has 0 aromatic heterocycles. The summed E-state index contributed by atoms with van der Waals surface area (Å²) in [6, 6.07) is 0. The summed E-state index contributed by atoms with van der Waals surface area (Å²) < 4.78 is 0. The molecule has 0 heterocycles. The van der Waals surface area contributed by atoms with Crippen LogP contribution >= 0.6 is 0 Å². The highest BCUT2D eigenvalue weighted by Crippen LogP contribution is 1.72. The fourth-order valence-corrected chi connectivity index (χ4v) is 0.0962. The zero-order valence-electron chi connectivity index (χ0n) is 3.39. The smallest absolute Gasteiger partial charge is 0.119 e. The van der Waals surface area contributed by atoms with Crippen LogP contribution in [0.2, 0.25) is 0 Å². The highest BCUT2D eigenvalue weighted by atomic mass is 17.2. The Kier molecular flexibility index (Phi) is 3.86. The summed E-state index contributed by atoms with van der Waals surface area (Å²) in [5.41, 5.74) is 0. The van der Waals surface area contributed by atoms with Crippen LogP contribution in [0, 0.1) is 6.61 Å². The van der Waals surface area contributed by atoms with Gasteiger partial charge in [-0.05, 0) is 6.92 Å². The van der Waals surface area contributed by atoms with Crippen LogP contribution in [0.4, 0.5) is 0 Å². The average molecular weight is 75.1 g/mol. The molecule has 0 bridgehead atoms. The van der Waals surface area contributed by atoms with Gasteiger partial charge in [-0.15, -0.1) is 0 Å². The van der Waals surface area contributed by atoms with E-state index in [4.69, 9.17) is 0 Å². The third-order valence-corrected chi connectivity index (χ3v) is 0.192. The van der Waals surface area contributed by atoms with Gasteiger partial charge in [0.15, 0.2) is 0 Å². The summed E-state index contributed by atoms with van der Waals surface area (Å²) >= 11 is 0. The molecule has 0 unspecified atom stereocenters. The molecule has 2 heteroatoms. The van der Waals surface area contributed by atoms with Gasteiger partial charge < -0.3 is 0 Å². The molecule has 5 heavy (non-hydrogen) atoms. The second kappa shape index (κ2) is 3.92. The second-order valence-electron chi connectivity index (χ2n) is 0.499. The summed E-state index contributed by atoms with van der Waals surface area (Å²) in [5, 5.41) is 0.